The Kier molecular flexibility index (Phi) is 3.93. The molecule has 3 heteroatoms. The largest absolute Gasteiger partial charge is 0.454 e. The van der Waals surface area contributed by atoms with E-state index in [0.717, 1.165) is 22.6 Å². The lowest BCUT2D eigenvalue weighted by Gasteiger charge is -1.98. The average molecular weight is 472 g/mol. The van der Waals surface area contributed by atoms with Crippen LogP contribution in [0.5, 0.6) is 0 Å². The molecule has 1 nitrogen and oxygen atoms in total. The van der Waals surface area contributed by atoms with Crippen LogP contribution in [0.25, 0.3) is 22.6 Å². The second-order valence-electron chi connectivity index (χ2n) is 4.12. The van der Waals surface area contributed by atoms with Gasteiger partial charge in [0.1, 0.15) is 11.5 Å². The Balaban J connectivity index is 2.16. The molecule has 94 valence electrons. The van der Waals surface area contributed by atoms with Gasteiger partial charge in [0.2, 0.25) is 0 Å². The van der Waals surface area contributed by atoms with E-state index in [-0.39, 0.29) is 0 Å². The van der Waals surface area contributed by atoms with Gasteiger partial charge in [-0.05, 0) is 45.2 Å². The van der Waals surface area contributed by atoms with Gasteiger partial charge in [0.15, 0.2) is 0 Å². The SMILES string of the molecule is Ic1c(-c2ccccc2)oc(-c2ccccc2)c1I. The summed E-state index contributed by atoms with van der Waals surface area (Å²) in [4.78, 5) is 0. The van der Waals surface area contributed by atoms with Crippen molar-refractivity contribution in [3.8, 4) is 22.6 Å². The molecule has 0 spiro atoms. The summed E-state index contributed by atoms with van der Waals surface area (Å²) < 4.78 is 8.44. The van der Waals surface area contributed by atoms with Gasteiger partial charge in [0.05, 0.1) is 7.14 Å². The van der Waals surface area contributed by atoms with Crippen molar-refractivity contribution in [2.45, 2.75) is 0 Å². The molecular weight excluding hydrogens is 462 g/mol. The lowest BCUT2D eigenvalue weighted by atomic mass is 10.2. The monoisotopic (exact) mass is 472 g/mol. The molecule has 1 aromatic heterocycles. The van der Waals surface area contributed by atoms with Gasteiger partial charge in [-0.1, -0.05) is 60.7 Å². The molecular formula is C16H10I2O. The highest BCUT2D eigenvalue weighted by Crippen LogP contribution is 2.38. The van der Waals surface area contributed by atoms with Crippen molar-refractivity contribution in [1.82, 2.24) is 0 Å². The first-order valence-electron chi connectivity index (χ1n) is 5.86. The summed E-state index contributed by atoms with van der Waals surface area (Å²) in [6.07, 6.45) is 0. The number of furan rings is 1. The minimum Gasteiger partial charge on any atom is -0.454 e. The van der Waals surface area contributed by atoms with Crippen LogP contribution >= 0.6 is 45.2 Å². The van der Waals surface area contributed by atoms with E-state index in [1.165, 1.54) is 7.14 Å². The molecule has 0 N–H and O–H groups in total. The summed E-state index contributed by atoms with van der Waals surface area (Å²) in [6.45, 7) is 0. The van der Waals surface area contributed by atoms with Gasteiger partial charge in [0, 0.05) is 11.1 Å². The maximum Gasteiger partial charge on any atom is 0.149 e. The van der Waals surface area contributed by atoms with Crippen molar-refractivity contribution in [1.29, 1.82) is 0 Å². The summed E-state index contributed by atoms with van der Waals surface area (Å²) in [5, 5.41) is 0. The van der Waals surface area contributed by atoms with Crippen molar-refractivity contribution >= 4 is 45.2 Å². The average Bonchev–Trinajstić information content (AvgIpc) is 2.77. The van der Waals surface area contributed by atoms with Gasteiger partial charge < -0.3 is 4.42 Å². The Labute approximate surface area is 139 Å². The number of hydrogen-bond acceptors (Lipinski definition) is 1. The quantitative estimate of drug-likeness (QED) is 0.429. The minimum atomic E-state index is 0.949. The third-order valence-corrected chi connectivity index (χ3v) is 5.96. The number of hydrogen-bond donors (Lipinski definition) is 0. The summed E-state index contributed by atoms with van der Waals surface area (Å²) in [6, 6.07) is 20.5. The van der Waals surface area contributed by atoms with E-state index in [0.29, 0.717) is 0 Å². The van der Waals surface area contributed by atoms with E-state index in [1.807, 2.05) is 36.4 Å². The number of halogens is 2. The van der Waals surface area contributed by atoms with Gasteiger partial charge in [-0.3, -0.25) is 0 Å². The highest BCUT2D eigenvalue weighted by Gasteiger charge is 2.18. The Morgan fingerprint density at radius 2 is 0.947 bits per heavy atom. The van der Waals surface area contributed by atoms with Gasteiger partial charge in [-0.15, -0.1) is 0 Å². The molecule has 3 aromatic rings. The van der Waals surface area contributed by atoms with Crippen LogP contribution in [0.2, 0.25) is 0 Å². The third-order valence-electron chi connectivity index (χ3n) is 2.87. The molecule has 0 saturated heterocycles. The van der Waals surface area contributed by atoms with Gasteiger partial charge >= 0.3 is 0 Å². The zero-order chi connectivity index (χ0) is 13.2. The predicted molar refractivity (Wildman–Crippen MR) is 95.0 cm³/mol. The molecule has 0 aliphatic rings. The molecule has 0 radical (unpaired) electrons. The molecule has 2 aromatic carbocycles. The number of rotatable bonds is 2. The topological polar surface area (TPSA) is 13.1 Å². The zero-order valence-electron chi connectivity index (χ0n) is 9.94. The Hall–Kier alpha value is -0.820. The summed E-state index contributed by atoms with van der Waals surface area (Å²) >= 11 is 4.71. The van der Waals surface area contributed by atoms with Crippen molar-refractivity contribution < 1.29 is 4.42 Å². The summed E-state index contributed by atoms with van der Waals surface area (Å²) in [5.41, 5.74) is 2.24. The van der Waals surface area contributed by atoms with Crippen LogP contribution in [0.15, 0.2) is 65.1 Å². The van der Waals surface area contributed by atoms with Crippen LogP contribution in [-0.4, -0.2) is 0 Å². The fraction of sp³-hybridized carbons (Fsp3) is 0. The van der Waals surface area contributed by atoms with Crippen LogP contribution in [0, 0.1) is 7.14 Å². The molecule has 3 rings (SSSR count). The number of benzene rings is 2. The van der Waals surface area contributed by atoms with Crippen LogP contribution in [0.1, 0.15) is 0 Å². The molecule has 19 heavy (non-hydrogen) atoms. The highest BCUT2D eigenvalue weighted by molar-refractivity contribution is 14.1. The van der Waals surface area contributed by atoms with Gasteiger partial charge in [0.25, 0.3) is 0 Å². The predicted octanol–water partition coefficient (Wildman–Crippen LogP) is 5.82. The Morgan fingerprint density at radius 3 is 1.32 bits per heavy atom. The molecule has 0 saturated carbocycles. The molecule has 1 heterocycles. The lowest BCUT2D eigenvalue weighted by molar-refractivity contribution is 0.595. The van der Waals surface area contributed by atoms with Crippen molar-refractivity contribution in [2.24, 2.45) is 0 Å². The van der Waals surface area contributed by atoms with Crippen LogP contribution < -0.4 is 0 Å². The van der Waals surface area contributed by atoms with Crippen LogP contribution in [-0.2, 0) is 0 Å². The second kappa shape index (κ2) is 5.66. The second-order valence-corrected chi connectivity index (χ2v) is 6.28. The van der Waals surface area contributed by atoms with E-state index in [9.17, 15) is 0 Å². The molecule has 0 amide bonds. The zero-order valence-corrected chi connectivity index (χ0v) is 14.3. The molecule has 0 aliphatic carbocycles. The van der Waals surface area contributed by atoms with E-state index in [2.05, 4.69) is 69.4 Å². The minimum absolute atomic E-state index is 0.949. The van der Waals surface area contributed by atoms with Crippen molar-refractivity contribution in [3.63, 3.8) is 0 Å². The first-order valence-corrected chi connectivity index (χ1v) is 8.02. The molecule has 0 fully saturated rings. The van der Waals surface area contributed by atoms with Gasteiger partial charge in [-0.25, -0.2) is 0 Å². The van der Waals surface area contributed by atoms with Gasteiger partial charge in [-0.2, -0.15) is 0 Å². The van der Waals surface area contributed by atoms with Crippen molar-refractivity contribution in [3.05, 3.63) is 67.8 Å². The van der Waals surface area contributed by atoms with Crippen LogP contribution in [0.4, 0.5) is 0 Å². The van der Waals surface area contributed by atoms with Crippen LogP contribution in [0.3, 0.4) is 0 Å². The molecule has 0 atom stereocenters. The maximum atomic E-state index is 6.10. The Bertz CT molecular complexity index is 628. The Morgan fingerprint density at radius 1 is 0.579 bits per heavy atom. The molecule has 0 bridgehead atoms. The highest BCUT2D eigenvalue weighted by atomic mass is 127. The third kappa shape index (κ3) is 2.58. The van der Waals surface area contributed by atoms with E-state index in [4.69, 9.17) is 4.42 Å². The molecule has 0 aliphatic heterocycles. The maximum absolute atomic E-state index is 6.10. The first kappa shape index (κ1) is 13.2. The fourth-order valence-electron chi connectivity index (χ4n) is 1.94. The first-order chi connectivity index (χ1) is 9.27. The summed E-state index contributed by atoms with van der Waals surface area (Å²) in [5.74, 6) is 1.90. The van der Waals surface area contributed by atoms with Crippen molar-refractivity contribution in [2.75, 3.05) is 0 Å². The van der Waals surface area contributed by atoms with E-state index >= 15 is 0 Å². The normalized spacial score (nSPS) is 10.6. The smallest absolute Gasteiger partial charge is 0.149 e. The van der Waals surface area contributed by atoms with E-state index in [1.54, 1.807) is 0 Å². The standard InChI is InChI=1S/C16H10I2O/c17-13-14(18)16(12-9-5-2-6-10-12)19-15(13)11-7-3-1-4-8-11/h1-10H. The molecule has 0 unspecified atom stereocenters. The lowest BCUT2D eigenvalue weighted by Crippen LogP contribution is -1.78. The van der Waals surface area contributed by atoms with E-state index < -0.39 is 0 Å². The fourth-order valence-corrected chi connectivity index (χ4v) is 3.27. The summed E-state index contributed by atoms with van der Waals surface area (Å²) in [7, 11) is 0.